The third-order valence-electron chi connectivity index (χ3n) is 2.30. The number of carbonyl (C=O) groups is 2. The van der Waals surface area contributed by atoms with Crippen molar-refractivity contribution in [2.45, 2.75) is 13.0 Å². The normalized spacial score (nSPS) is 11.7. The molecule has 0 aliphatic rings. The van der Waals surface area contributed by atoms with E-state index in [0.717, 1.165) is 0 Å². The summed E-state index contributed by atoms with van der Waals surface area (Å²) < 4.78 is 13.2. The van der Waals surface area contributed by atoms with Gasteiger partial charge in [-0.3, -0.25) is 0 Å². The Morgan fingerprint density at radius 2 is 2.11 bits per heavy atom. The number of hydrogen-bond donors (Lipinski definition) is 4. The van der Waals surface area contributed by atoms with Gasteiger partial charge >= 0.3 is 12.0 Å². The lowest BCUT2D eigenvalue weighted by Gasteiger charge is -2.13. The van der Waals surface area contributed by atoms with Gasteiger partial charge in [-0.05, 0) is 19.1 Å². The SMILES string of the molecule is Cc1c(F)cccc1NC(=O)N[C@H](CO)C(=O)O. The van der Waals surface area contributed by atoms with Crippen molar-refractivity contribution in [1.29, 1.82) is 0 Å². The second-order valence-electron chi connectivity index (χ2n) is 3.58. The van der Waals surface area contributed by atoms with Crippen molar-refractivity contribution >= 4 is 17.7 Å². The molecule has 0 saturated heterocycles. The predicted octanol–water partition coefficient (Wildman–Crippen LogP) is 0.701. The van der Waals surface area contributed by atoms with E-state index in [9.17, 15) is 14.0 Å². The van der Waals surface area contributed by atoms with Crippen LogP contribution in [-0.2, 0) is 4.79 Å². The first-order valence-electron chi connectivity index (χ1n) is 5.12. The standard InChI is InChI=1S/C11H13FN2O4/c1-6-7(12)3-2-4-8(6)13-11(18)14-9(5-15)10(16)17/h2-4,9,15H,5H2,1H3,(H,16,17)(H2,13,14,18)/t9-/m1/s1. The molecule has 0 aliphatic heterocycles. The molecule has 0 heterocycles. The summed E-state index contributed by atoms with van der Waals surface area (Å²) in [5.41, 5.74) is 0.470. The number of carboxylic acid groups (broad SMARTS) is 1. The first kappa shape index (κ1) is 13.9. The van der Waals surface area contributed by atoms with E-state index in [1.165, 1.54) is 25.1 Å². The van der Waals surface area contributed by atoms with Crippen LogP contribution in [0.4, 0.5) is 14.9 Å². The van der Waals surface area contributed by atoms with Crippen LogP contribution in [0.3, 0.4) is 0 Å². The van der Waals surface area contributed by atoms with Crippen molar-refractivity contribution in [2.24, 2.45) is 0 Å². The number of hydrogen-bond acceptors (Lipinski definition) is 3. The second kappa shape index (κ2) is 5.97. The summed E-state index contributed by atoms with van der Waals surface area (Å²) in [6.45, 7) is 0.747. The van der Waals surface area contributed by atoms with Gasteiger partial charge in [0, 0.05) is 11.3 Å². The number of nitrogens with one attached hydrogen (secondary N) is 2. The maximum atomic E-state index is 13.2. The van der Waals surface area contributed by atoms with Crippen molar-refractivity contribution in [3.05, 3.63) is 29.6 Å². The van der Waals surface area contributed by atoms with Crippen LogP contribution in [0, 0.1) is 12.7 Å². The number of benzene rings is 1. The van der Waals surface area contributed by atoms with E-state index < -0.39 is 30.5 Å². The highest BCUT2D eigenvalue weighted by atomic mass is 19.1. The van der Waals surface area contributed by atoms with Gasteiger partial charge in [-0.15, -0.1) is 0 Å². The molecule has 98 valence electrons. The third kappa shape index (κ3) is 3.42. The van der Waals surface area contributed by atoms with Crippen molar-refractivity contribution in [3.8, 4) is 0 Å². The number of halogens is 1. The van der Waals surface area contributed by atoms with Crippen LogP contribution in [0.1, 0.15) is 5.56 Å². The first-order chi connectivity index (χ1) is 8.45. The quantitative estimate of drug-likeness (QED) is 0.637. The van der Waals surface area contributed by atoms with Gasteiger partial charge in [-0.2, -0.15) is 0 Å². The van der Waals surface area contributed by atoms with E-state index in [1.54, 1.807) is 0 Å². The molecule has 0 aromatic heterocycles. The molecule has 18 heavy (non-hydrogen) atoms. The minimum Gasteiger partial charge on any atom is -0.480 e. The summed E-state index contributed by atoms with van der Waals surface area (Å²) in [4.78, 5) is 22.0. The van der Waals surface area contributed by atoms with Gasteiger partial charge in [0.15, 0.2) is 6.04 Å². The number of aliphatic hydroxyl groups is 1. The van der Waals surface area contributed by atoms with Crippen LogP contribution in [0.15, 0.2) is 18.2 Å². The summed E-state index contributed by atoms with van der Waals surface area (Å²) in [6.07, 6.45) is 0. The van der Waals surface area contributed by atoms with E-state index in [0.29, 0.717) is 0 Å². The molecule has 1 atom stereocenters. The summed E-state index contributed by atoms with van der Waals surface area (Å²) in [7, 11) is 0. The maximum absolute atomic E-state index is 13.2. The van der Waals surface area contributed by atoms with E-state index in [2.05, 4.69) is 5.32 Å². The molecule has 6 nitrogen and oxygen atoms in total. The Bertz CT molecular complexity index is 464. The molecule has 4 N–H and O–H groups in total. The van der Waals surface area contributed by atoms with Crippen molar-refractivity contribution < 1.29 is 24.2 Å². The Hall–Kier alpha value is -2.15. The number of aliphatic carboxylic acids is 1. The monoisotopic (exact) mass is 256 g/mol. The largest absolute Gasteiger partial charge is 0.480 e. The minimum absolute atomic E-state index is 0.231. The van der Waals surface area contributed by atoms with Crippen LogP contribution in [-0.4, -0.2) is 34.9 Å². The molecule has 0 spiro atoms. The molecule has 7 heteroatoms. The highest BCUT2D eigenvalue weighted by Gasteiger charge is 2.19. The first-order valence-corrected chi connectivity index (χ1v) is 5.12. The molecular weight excluding hydrogens is 243 g/mol. The molecule has 0 saturated carbocycles. The molecule has 0 unspecified atom stereocenters. The molecule has 1 aromatic carbocycles. The molecule has 1 aromatic rings. The number of urea groups is 1. The Morgan fingerprint density at radius 1 is 1.44 bits per heavy atom. The minimum atomic E-state index is -1.40. The highest BCUT2D eigenvalue weighted by Crippen LogP contribution is 2.17. The number of amides is 2. The zero-order valence-electron chi connectivity index (χ0n) is 9.61. The smallest absolute Gasteiger partial charge is 0.328 e. The fourth-order valence-corrected chi connectivity index (χ4v) is 1.25. The van der Waals surface area contributed by atoms with Gasteiger partial charge in [0.05, 0.1) is 6.61 Å². The van der Waals surface area contributed by atoms with Crippen LogP contribution in [0.5, 0.6) is 0 Å². The van der Waals surface area contributed by atoms with Crippen LogP contribution >= 0.6 is 0 Å². The van der Waals surface area contributed by atoms with E-state index in [-0.39, 0.29) is 11.3 Å². The number of rotatable bonds is 4. The van der Waals surface area contributed by atoms with E-state index >= 15 is 0 Å². The second-order valence-corrected chi connectivity index (χ2v) is 3.58. The average Bonchev–Trinajstić information content (AvgIpc) is 2.31. The lowest BCUT2D eigenvalue weighted by atomic mass is 10.2. The van der Waals surface area contributed by atoms with Crippen LogP contribution < -0.4 is 10.6 Å². The highest BCUT2D eigenvalue weighted by molar-refractivity contribution is 5.92. The zero-order valence-corrected chi connectivity index (χ0v) is 9.61. The lowest BCUT2D eigenvalue weighted by molar-refractivity contribution is -0.140. The molecule has 0 fully saturated rings. The average molecular weight is 256 g/mol. The Morgan fingerprint density at radius 3 is 2.67 bits per heavy atom. The summed E-state index contributed by atoms with van der Waals surface area (Å²) in [5, 5.41) is 21.7. The molecule has 0 bridgehead atoms. The summed E-state index contributed by atoms with van der Waals surface area (Å²) in [6, 6.07) is 1.90. The molecule has 0 radical (unpaired) electrons. The van der Waals surface area contributed by atoms with E-state index in [1.807, 2.05) is 5.32 Å². The Labute approximate surface area is 102 Å². The zero-order chi connectivity index (χ0) is 13.7. The number of aliphatic hydroxyl groups excluding tert-OH is 1. The molecule has 0 aliphatic carbocycles. The molecule has 1 rings (SSSR count). The van der Waals surface area contributed by atoms with Crippen molar-refractivity contribution in [1.82, 2.24) is 5.32 Å². The fraction of sp³-hybridized carbons (Fsp3) is 0.273. The maximum Gasteiger partial charge on any atom is 0.328 e. The van der Waals surface area contributed by atoms with Crippen LogP contribution in [0.2, 0.25) is 0 Å². The van der Waals surface area contributed by atoms with Gasteiger partial charge in [0.2, 0.25) is 0 Å². The van der Waals surface area contributed by atoms with Gasteiger partial charge in [-0.1, -0.05) is 6.07 Å². The third-order valence-corrected chi connectivity index (χ3v) is 2.30. The van der Waals surface area contributed by atoms with Gasteiger partial charge in [-0.25, -0.2) is 14.0 Å². The predicted molar refractivity (Wildman–Crippen MR) is 61.8 cm³/mol. The molecule has 2 amide bonds. The lowest BCUT2D eigenvalue weighted by Crippen LogP contribution is -2.45. The topological polar surface area (TPSA) is 98.7 Å². The van der Waals surface area contributed by atoms with Gasteiger partial charge < -0.3 is 20.8 Å². The van der Waals surface area contributed by atoms with Crippen molar-refractivity contribution in [3.63, 3.8) is 0 Å². The van der Waals surface area contributed by atoms with Crippen molar-refractivity contribution in [2.75, 3.05) is 11.9 Å². The van der Waals surface area contributed by atoms with Crippen LogP contribution in [0.25, 0.3) is 0 Å². The Balaban J connectivity index is 2.70. The number of carboxylic acids is 1. The van der Waals surface area contributed by atoms with Gasteiger partial charge in [0.1, 0.15) is 5.82 Å². The number of carbonyl (C=O) groups excluding carboxylic acids is 1. The fourth-order valence-electron chi connectivity index (χ4n) is 1.25. The summed E-state index contributed by atoms with van der Waals surface area (Å²) in [5.74, 6) is -1.84. The summed E-state index contributed by atoms with van der Waals surface area (Å²) >= 11 is 0. The number of anilines is 1. The molecular formula is C11H13FN2O4. The Kier molecular flexibility index (Phi) is 4.61. The van der Waals surface area contributed by atoms with Gasteiger partial charge in [0.25, 0.3) is 0 Å². The van der Waals surface area contributed by atoms with E-state index in [4.69, 9.17) is 10.2 Å².